The van der Waals surface area contributed by atoms with Crippen molar-refractivity contribution >= 4 is 15.9 Å². The number of halogens is 1. The number of alkyl halides is 1. The van der Waals surface area contributed by atoms with Crippen LogP contribution in [0.1, 0.15) is 46.5 Å². The van der Waals surface area contributed by atoms with Gasteiger partial charge in [-0.15, -0.1) is 0 Å². The Balaban J connectivity index is 1.96. The van der Waals surface area contributed by atoms with E-state index in [9.17, 15) is 0 Å². The fourth-order valence-corrected chi connectivity index (χ4v) is 5.06. The van der Waals surface area contributed by atoms with Crippen LogP contribution in [0, 0.1) is 29.1 Å². The van der Waals surface area contributed by atoms with Gasteiger partial charge >= 0.3 is 0 Å². The minimum atomic E-state index is 0.630. The summed E-state index contributed by atoms with van der Waals surface area (Å²) in [6, 6.07) is 0. The summed E-state index contributed by atoms with van der Waals surface area (Å²) in [5.74, 6) is 4.00. The zero-order chi connectivity index (χ0) is 10.3. The van der Waals surface area contributed by atoms with Crippen molar-refractivity contribution in [1.82, 2.24) is 0 Å². The molecule has 82 valence electrons. The van der Waals surface area contributed by atoms with E-state index in [4.69, 9.17) is 0 Å². The highest BCUT2D eigenvalue weighted by Gasteiger charge is 2.59. The standard InChI is InChI=1S/C13H23Br/c1-9-5-4-6-10(7-9)12-11(8-14)13(12,2)3/h9-12H,4-8H2,1-3H3. The van der Waals surface area contributed by atoms with Crippen LogP contribution in [0.2, 0.25) is 0 Å². The second kappa shape index (κ2) is 3.81. The summed E-state index contributed by atoms with van der Waals surface area (Å²) < 4.78 is 0. The Morgan fingerprint density at radius 1 is 1.29 bits per heavy atom. The molecule has 0 spiro atoms. The van der Waals surface area contributed by atoms with E-state index in [-0.39, 0.29) is 0 Å². The molecule has 0 aliphatic heterocycles. The average Bonchev–Trinajstić information content (AvgIpc) is 2.68. The minimum Gasteiger partial charge on any atom is -0.0925 e. The van der Waals surface area contributed by atoms with Crippen molar-refractivity contribution < 1.29 is 0 Å². The first-order valence-electron chi connectivity index (χ1n) is 6.13. The predicted octanol–water partition coefficient (Wildman–Crippen LogP) is 4.48. The Bertz CT molecular complexity index is 209. The van der Waals surface area contributed by atoms with Gasteiger partial charge < -0.3 is 0 Å². The SMILES string of the molecule is CC1CCCC(C2C(CBr)C2(C)C)C1. The van der Waals surface area contributed by atoms with Crippen LogP contribution < -0.4 is 0 Å². The van der Waals surface area contributed by atoms with Gasteiger partial charge in [-0.25, -0.2) is 0 Å². The molecule has 14 heavy (non-hydrogen) atoms. The molecule has 0 nitrogen and oxygen atoms in total. The van der Waals surface area contributed by atoms with Gasteiger partial charge in [0, 0.05) is 5.33 Å². The third-order valence-corrected chi connectivity index (χ3v) is 5.49. The van der Waals surface area contributed by atoms with Crippen molar-refractivity contribution in [2.75, 3.05) is 5.33 Å². The highest BCUT2D eigenvalue weighted by atomic mass is 79.9. The Labute approximate surface area is 97.0 Å². The Kier molecular flexibility index (Phi) is 2.99. The fraction of sp³-hybridized carbons (Fsp3) is 1.00. The first-order chi connectivity index (χ1) is 6.57. The van der Waals surface area contributed by atoms with Crippen molar-refractivity contribution in [3.63, 3.8) is 0 Å². The van der Waals surface area contributed by atoms with Crippen molar-refractivity contribution in [1.29, 1.82) is 0 Å². The largest absolute Gasteiger partial charge is 0.0925 e. The molecule has 2 aliphatic carbocycles. The van der Waals surface area contributed by atoms with Crippen LogP contribution in [0.3, 0.4) is 0 Å². The molecule has 0 heterocycles. The van der Waals surface area contributed by atoms with E-state index in [1.807, 2.05) is 0 Å². The van der Waals surface area contributed by atoms with Crippen LogP contribution in [-0.4, -0.2) is 5.33 Å². The van der Waals surface area contributed by atoms with Gasteiger partial charge in [0.05, 0.1) is 0 Å². The molecule has 0 aromatic heterocycles. The summed E-state index contributed by atoms with van der Waals surface area (Å²) in [6.45, 7) is 7.36. The van der Waals surface area contributed by atoms with Crippen molar-refractivity contribution in [3.8, 4) is 0 Å². The van der Waals surface area contributed by atoms with Crippen LogP contribution in [0.5, 0.6) is 0 Å². The lowest BCUT2D eigenvalue weighted by Crippen LogP contribution is -2.17. The quantitative estimate of drug-likeness (QED) is 0.641. The third kappa shape index (κ3) is 1.77. The molecule has 0 amide bonds. The third-order valence-electron chi connectivity index (χ3n) is 4.79. The molecular weight excluding hydrogens is 236 g/mol. The molecule has 0 bridgehead atoms. The van der Waals surface area contributed by atoms with Crippen LogP contribution in [0.25, 0.3) is 0 Å². The Morgan fingerprint density at radius 2 is 2.00 bits per heavy atom. The van der Waals surface area contributed by atoms with E-state index in [0.717, 1.165) is 23.7 Å². The lowest BCUT2D eigenvalue weighted by molar-refractivity contribution is 0.235. The first kappa shape index (κ1) is 11.0. The van der Waals surface area contributed by atoms with Gasteiger partial charge in [0.2, 0.25) is 0 Å². The zero-order valence-corrected chi connectivity index (χ0v) is 11.3. The average molecular weight is 259 g/mol. The molecule has 1 heteroatoms. The fourth-order valence-electron chi connectivity index (χ4n) is 3.82. The molecular formula is C13H23Br. The summed E-state index contributed by atoms with van der Waals surface area (Å²) in [5, 5.41) is 1.22. The predicted molar refractivity (Wildman–Crippen MR) is 65.7 cm³/mol. The maximum Gasteiger partial charge on any atom is 0.00678 e. The molecule has 0 saturated heterocycles. The van der Waals surface area contributed by atoms with Crippen molar-refractivity contribution in [3.05, 3.63) is 0 Å². The normalized spacial score (nSPS) is 46.3. The number of hydrogen-bond donors (Lipinski definition) is 0. The lowest BCUT2D eigenvalue weighted by atomic mass is 9.78. The number of rotatable bonds is 2. The maximum atomic E-state index is 3.67. The van der Waals surface area contributed by atoms with Gasteiger partial charge in [-0.2, -0.15) is 0 Å². The van der Waals surface area contributed by atoms with Crippen molar-refractivity contribution in [2.45, 2.75) is 46.5 Å². The van der Waals surface area contributed by atoms with Crippen molar-refractivity contribution in [2.24, 2.45) is 29.1 Å². The molecule has 0 aromatic carbocycles. The molecule has 2 aliphatic rings. The smallest absolute Gasteiger partial charge is 0.00678 e. The Morgan fingerprint density at radius 3 is 2.50 bits per heavy atom. The van der Waals surface area contributed by atoms with Crippen LogP contribution in [0.4, 0.5) is 0 Å². The highest BCUT2D eigenvalue weighted by Crippen LogP contribution is 2.64. The molecule has 0 N–H and O–H groups in total. The van der Waals surface area contributed by atoms with E-state index in [0.29, 0.717) is 5.41 Å². The maximum absolute atomic E-state index is 3.67. The van der Waals surface area contributed by atoms with E-state index in [1.54, 1.807) is 0 Å². The van der Waals surface area contributed by atoms with Gasteiger partial charge in [0.15, 0.2) is 0 Å². The van der Waals surface area contributed by atoms with Crippen LogP contribution in [0.15, 0.2) is 0 Å². The summed E-state index contributed by atoms with van der Waals surface area (Å²) in [5.41, 5.74) is 0.630. The van der Waals surface area contributed by atoms with Gasteiger partial charge in [0.25, 0.3) is 0 Å². The zero-order valence-electron chi connectivity index (χ0n) is 9.72. The number of hydrogen-bond acceptors (Lipinski definition) is 0. The monoisotopic (exact) mass is 258 g/mol. The van der Waals surface area contributed by atoms with E-state index < -0.39 is 0 Å². The first-order valence-corrected chi connectivity index (χ1v) is 7.25. The molecule has 4 atom stereocenters. The second-order valence-electron chi connectivity index (χ2n) is 6.14. The molecule has 2 fully saturated rings. The summed E-state index contributed by atoms with van der Waals surface area (Å²) in [7, 11) is 0. The van der Waals surface area contributed by atoms with E-state index >= 15 is 0 Å². The molecule has 4 unspecified atom stereocenters. The van der Waals surface area contributed by atoms with Crippen LogP contribution in [-0.2, 0) is 0 Å². The van der Waals surface area contributed by atoms with Gasteiger partial charge in [-0.1, -0.05) is 56.0 Å². The molecule has 0 aromatic rings. The van der Waals surface area contributed by atoms with Gasteiger partial charge in [0.1, 0.15) is 0 Å². The lowest BCUT2D eigenvalue weighted by Gasteiger charge is -2.28. The highest BCUT2D eigenvalue weighted by molar-refractivity contribution is 9.09. The van der Waals surface area contributed by atoms with Gasteiger partial charge in [-0.3, -0.25) is 0 Å². The van der Waals surface area contributed by atoms with Gasteiger partial charge in [-0.05, 0) is 35.5 Å². The van der Waals surface area contributed by atoms with E-state index in [2.05, 4.69) is 36.7 Å². The summed E-state index contributed by atoms with van der Waals surface area (Å²) in [4.78, 5) is 0. The molecule has 2 rings (SSSR count). The van der Waals surface area contributed by atoms with E-state index in [1.165, 1.54) is 31.0 Å². The molecule has 2 saturated carbocycles. The summed E-state index contributed by atoms with van der Waals surface area (Å²) >= 11 is 3.67. The van der Waals surface area contributed by atoms with Crippen LogP contribution >= 0.6 is 15.9 Å². The summed E-state index contributed by atoms with van der Waals surface area (Å²) in [6.07, 6.45) is 5.95. The minimum absolute atomic E-state index is 0.630. The topological polar surface area (TPSA) is 0 Å². The molecule has 0 radical (unpaired) electrons. The second-order valence-corrected chi connectivity index (χ2v) is 6.79. The Hall–Kier alpha value is 0.480.